The van der Waals surface area contributed by atoms with E-state index in [9.17, 15) is 18.0 Å². The number of rotatable bonds is 8. The second kappa shape index (κ2) is 9.99. The molecule has 0 spiro atoms. The normalized spacial score (nSPS) is 17.1. The van der Waals surface area contributed by atoms with Gasteiger partial charge in [-0.25, -0.2) is 8.42 Å². The van der Waals surface area contributed by atoms with Crippen LogP contribution in [0.15, 0.2) is 29.2 Å². The van der Waals surface area contributed by atoms with Crippen LogP contribution in [0.1, 0.15) is 31.7 Å². The van der Waals surface area contributed by atoms with Crippen LogP contribution in [0.3, 0.4) is 0 Å². The first-order valence-electron chi connectivity index (χ1n) is 9.44. The lowest BCUT2D eigenvalue weighted by Crippen LogP contribution is -2.51. The Morgan fingerprint density at radius 3 is 2.29 bits per heavy atom. The minimum atomic E-state index is -3.54. The number of ether oxygens (including phenoxy) is 1. The highest BCUT2D eigenvalue weighted by molar-refractivity contribution is 7.89. The van der Waals surface area contributed by atoms with Crippen molar-refractivity contribution in [1.29, 1.82) is 0 Å². The lowest BCUT2D eigenvalue weighted by atomic mass is 9.99. The summed E-state index contributed by atoms with van der Waals surface area (Å²) in [6.45, 7) is 5.71. The Balaban J connectivity index is 1.89. The fourth-order valence-electron chi connectivity index (χ4n) is 2.98. The van der Waals surface area contributed by atoms with E-state index in [2.05, 4.69) is 23.9 Å². The van der Waals surface area contributed by atoms with Crippen molar-refractivity contribution in [3.63, 3.8) is 0 Å². The molecule has 1 aliphatic heterocycles. The quantitative estimate of drug-likeness (QED) is 0.636. The summed E-state index contributed by atoms with van der Waals surface area (Å²) in [5, 5.41) is 2.48. The predicted molar refractivity (Wildman–Crippen MR) is 105 cm³/mol. The van der Waals surface area contributed by atoms with Gasteiger partial charge in [-0.15, -0.1) is 0 Å². The van der Waals surface area contributed by atoms with Gasteiger partial charge in [0.1, 0.15) is 6.54 Å². The number of nitrogens with one attached hydrogen (secondary N) is 1. The van der Waals surface area contributed by atoms with Crippen LogP contribution in [-0.4, -0.2) is 75.9 Å². The van der Waals surface area contributed by atoms with E-state index in [4.69, 9.17) is 0 Å². The smallest absolute Gasteiger partial charge is 0.325 e. The van der Waals surface area contributed by atoms with Gasteiger partial charge in [0.25, 0.3) is 0 Å². The Hall–Kier alpha value is -1.97. The fraction of sp³-hybridized carbons (Fsp3) is 0.579. The fourth-order valence-corrected chi connectivity index (χ4v) is 4.41. The van der Waals surface area contributed by atoms with Crippen LogP contribution in [0, 0.1) is 0 Å². The molecule has 0 radical (unpaired) electrons. The average Bonchev–Trinajstić information content (AvgIpc) is 2.71. The lowest BCUT2D eigenvalue weighted by molar-refractivity contribution is -0.141. The standard InChI is InChI=1S/C19H29N3O5S/c1-4-15(2)16-5-7-17(8-6-16)28(25,26)22-11-9-21(10-12-22)14-18(23)20-13-19(24)27-3/h5-8,15H,4,9-14H2,1-3H3,(H,20,23)/t15-/m0/s1. The Labute approximate surface area is 166 Å². The summed E-state index contributed by atoms with van der Waals surface area (Å²) in [5.41, 5.74) is 1.13. The molecule has 1 amide bonds. The summed E-state index contributed by atoms with van der Waals surface area (Å²) in [4.78, 5) is 25.1. The van der Waals surface area contributed by atoms with E-state index in [0.29, 0.717) is 37.0 Å². The molecule has 156 valence electrons. The Morgan fingerprint density at radius 1 is 1.14 bits per heavy atom. The maximum absolute atomic E-state index is 12.9. The van der Waals surface area contributed by atoms with Gasteiger partial charge >= 0.3 is 5.97 Å². The van der Waals surface area contributed by atoms with Gasteiger partial charge in [0.2, 0.25) is 15.9 Å². The summed E-state index contributed by atoms with van der Waals surface area (Å²) in [5.74, 6) is -0.406. The van der Waals surface area contributed by atoms with Crippen molar-refractivity contribution in [1.82, 2.24) is 14.5 Å². The maximum Gasteiger partial charge on any atom is 0.325 e. The number of hydrogen-bond acceptors (Lipinski definition) is 6. The van der Waals surface area contributed by atoms with Crippen molar-refractivity contribution >= 4 is 21.9 Å². The minimum Gasteiger partial charge on any atom is -0.468 e. The molecule has 1 aromatic carbocycles. The largest absolute Gasteiger partial charge is 0.468 e. The van der Waals surface area contributed by atoms with Gasteiger partial charge in [0.05, 0.1) is 18.6 Å². The number of methoxy groups -OCH3 is 1. The molecular formula is C19H29N3O5S. The number of nitrogens with zero attached hydrogens (tertiary/aromatic N) is 2. The Bertz CT molecular complexity index is 771. The van der Waals surface area contributed by atoms with E-state index in [0.717, 1.165) is 12.0 Å². The summed E-state index contributed by atoms with van der Waals surface area (Å²) in [7, 11) is -2.29. The Kier molecular flexibility index (Phi) is 7.97. The molecule has 2 rings (SSSR count). The zero-order valence-electron chi connectivity index (χ0n) is 16.7. The van der Waals surface area contributed by atoms with E-state index < -0.39 is 16.0 Å². The van der Waals surface area contributed by atoms with Gasteiger partial charge in [-0.3, -0.25) is 14.5 Å². The van der Waals surface area contributed by atoms with Crippen LogP contribution in [0.4, 0.5) is 0 Å². The molecule has 28 heavy (non-hydrogen) atoms. The second-order valence-corrected chi connectivity index (χ2v) is 8.85. The van der Waals surface area contributed by atoms with Crippen LogP contribution in [0.5, 0.6) is 0 Å². The van der Waals surface area contributed by atoms with Crippen molar-refractivity contribution in [3.05, 3.63) is 29.8 Å². The number of carbonyl (C=O) groups is 2. The summed E-state index contributed by atoms with van der Waals surface area (Å²) >= 11 is 0. The third-order valence-electron chi connectivity index (χ3n) is 5.06. The van der Waals surface area contributed by atoms with E-state index >= 15 is 0 Å². The molecule has 0 bridgehead atoms. The molecule has 1 atom stereocenters. The molecule has 0 aromatic heterocycles. The number of benzene rings is 1. The summed E-state index contributed by atoms with van der Waals surface area (Å²) in [6, 6.07) is 7.10. The molecule has 1 heterocycles. The van der Waals surface area contributed by atoms with Crippen LogP contribution in [0.25, 0.3) is 0 Å². The summed E-state index contributed by atoms with van der Waals surface area (Å²) < 4.78 is 31.6. The number of esters is 1. The first kappa shape index (κ1) is 22.3. The minimum absolute atomic E-state index is 0.120. The van der Waals surface area contributed by atoms with E-state index in [1.54, 1.807) is 12.1 Å². The third-order valence-corrected chi connectivity index (χ3v) is 6.97. The maximum atomic E-state index is 12.9. The highest BCUT2D eigenvalue weighted by Crippen LogP contribution is 2.23. The van der Waals surface area contributed by atoms with Crippen molar-refractivity contribution in [2.45, 2.75) is 31.1 Å². The molecule has 1 fully saturated rings. The van der Waals surface area contributed by atoms with Gasteiger partial charge < -0.3 is 10.1 Å². The number of piperazine rings is 1. The third kappa shape index (κ3) is 5.76. The lowest BCUT2D eigenvalue weighted by Gasteiger charge is -2.33. The van der Waals surface area contributed by atoms with Crippen LogP contribution in [0.2, 0.25) is 0 Å². The van der Waals surface area contributed by atoms with Crippen molar-refractivity contribution in [3.8, 4) is 0 Å². The van der Waals surface area contributed by atoms with Crippen LogP contribution in [-0.2, 0) is 24.3 Å². The van der Waals surface area contributed by atoms with E-state index in [1.807, 2.05) is 17.0 Å². The molecule has 0 unspecified atom stereocenters. The average molecular weight is 412 g/mol. The van der Waals surface area contributed by atoms with Crippen LogP contribution >= 0.6 is 0 Å². The first-order chi connectivity index (χ1) is 13.3. The molecule has 0 aliphatic carbocycles. The summed E-state index contributed by atoms with van der Waals surface area (Å²) in [6.07, 6.45) is 1.00. The van der Waals surface area contributed by atoms with E-state index in [-0.39, 0.29) is 19.0 Å². The number of sulfonamides is 1. The van der Waals surface area contributed by atoms with Crippen molar-refractivity contribution < 1.29 is 22.7 Å². The second-order valence-electron chi connectivity index (χ2n) is 6.91. The molecule has 9 heteroatoms. The molecule has 8 nitrogen and oxygen atoms in total. The molecule has 1 saturated heterocycles. The molecule has 1 aliphatic rings. The molecule has 0 saturated carbocycles. The van der Waals surface area contributed by atoms with Crippen LogP contribution < -0.4 is 5.32 Å². The van der Waals surface area contributed by atoms with E-state index in [1.165, 1.54) is 11.4 Å². The van der Waals surface area contributed by atoms with Crippen molar-refractivity contribution in [2.75, 3.05) is 46.4 Å². The highest BCUT2D eigenvalue weighted by atomic mass is 32.2. The predicted octanol–water partition coefficient (Wildman–Crippen LogP) is 0.796. The number of amides is 1. The number of carbonyl (C=O) groups excluding carboxylic acids is 2. The van der Waals surface area contributed by atoms with Crippen molar-refractivity contribution in [2.24, 2.45) is 0 Å². The Morgan fingerprint density at radius 2 is 1.75 bits per heavy atom. The highest BCUT2D eigenvalue weighted by Gasteiger charge is 2.29. The molecule has 1 aromatic rings. The van der Waals surface area contributed by atoms with Gasteiger partial charge in [0.15, 0.2) is 0 Å². The topological polar surface area (TPSA) is 96.0 Å². The monoisotopic (exact) mass is 411 g/mol. The van der Waals surface area contributed by atoms with Gasteiger partial charge in [-0.1, -0.05) is 26.0 Å². The van der Waals surface area contributed by atoms with Gasteiger partial charge in [-0.05, 0) is 30.0 Å². The SMILES string of the molecule is CC[C@H](C)c1ccc(S(=O)(=O)N2CCN(CC(=O)NCC(=O)OC)CC2)cc1. The van der Waals surface area contributed by atoms with Gasteiger partial charge in [0, 0.05) is 26.2 Å². The zero-order valence-corrected chi connectivity index (χ0v) is 17.5. The zero-order chi connectivity index (χ0) is 20.7. The molecular weight excluding hydrogens is 382 g/mol. The first-order valence-corrected chi connectivity index (χ1v) is 10.9. The van der Waals surface area contributed by atoms with Gasteiger partial charge in [-0.2, -0.15) is 4.31 Å². The molecule has 1 N–H and O–H groups in total. The number of hydrogen-bond donors (Lipinski definition) is 1.